The quantitative estimate of drug-likeness (QED) is 0.896. The van der Waals surface area contributed by atoms with E-state index in [0.717, 1.165) is 26.9 Å². The van der Waals surface area contributed by atoms with Crippen molar-refractivity contribution in [1.29, 1.82) is 0 Å². The van der Waals surface area contributed by atoms with Crippen molar-refractivity contribution >= 4 is 15.9 Å². The molecule has 2 aromatic rings. The zero-order chi connectivity index (χ0) is 14.9. The van der Waals surface area contributed by atoms with Crippen LogP contribution in [-0.4, -0.2) is 7.11 Å². The van der Waals surface area contributed by atoms with E-state index in [2.05, 4.69) is 61.0 Å². The molecule has 2 aromatic carbocycles. The molecule has 0 amide bonds. The summed E-state index contributed by atoms with van der Waals surface area (Å²) < 4.78 is 6.81. The highest BCUT2D eigenvalue weighted by Crippen LogP contribution is 2.42. The van der Waals surface area contributed by atoms with Crippen molar-refractivity contribution < 1.29 is 4.74 Å². The van der Waals surface area contributed by atoms with Crippen molar-refractivity contribution in [2.24, 2.45) is 5.73 Å². The van der Waals surface area contributed by atoms with E-state index in [9.17, 15) is 0 Å². The van der Waals surface area contributed by atoms with Crippen LogP contribution in [0.25, 0.3) is 11.1 Å². The summed E-state index contributed by atoms with van der Waals surface area (Å²) in [5.74, 6) is 0.948. The molecule has 0 aromatic heterocycles. The summed E-state index contributed by atoms with van der Waals surface area (Å²) in [7, 11) is 1.73. The number of benzene rings is 2. The molecule has 0 fully saturated rings. The summed E-state index contributed by atoms with van der Waals surface area (Å²) in [6, 6.07) is 8.34. The molecular weight excluding hydrogens is 314 g/mol. The highest BCUT2D eigenvalue weighted by atomic mass is 79.9. The van der Waals surface area contributed by atoms with Gasteiger partial charge in [0.2, 0.25) is 0 Å². The molecule has 2 rings (SSSR count). The van der Waals surface area contributed by atoms with Gasteiger partial charge in [-0.05, 0) is 48.6 Å². The largest absolute Gasteiger partial charge is 0.496 e. The number of hydrogen-bond donors (Lipinski definition) is 1. The number of hydrogen-bond acceptors (Lipinski definition) is 2. The Morgan fingerprint density at radius 3 is 2.10 bits per heavy atom. The van der Waals surface area contributed by atoms with E-state index in [1.807, 2.05) is 0 Å². The molecule has 0 radical (unpaired) electrons. The fourth-order valence-corrected chi connectivity index (χ4v) is 2.99. The molecule has 0 spiro atoms. The second kappa shape index (κ2) is 5.98. The first-order valence-electron chi connectivity index (χ1n) is 6.63. The van der Waals surface area contributed by atoms with E-state index in [4.69, 9.17) is 10.5 Å². The van der Waals surface area contributed by atoms with Crippen LogP contribution < -0.4 is 10.5 Å². The topological polar surface area (TPSA) is 35.2 Å². The third-order valence-corrected chi connectivity index (χ3v) is 5.04. The Kier molecular flexibility index (Phi) is 4.51. The van der Waals surface area contributed by atoms with E-state index in [1.54, 1.807) is 7.11 Å². The van der Waals surface area contributed by atoms with Gasteiger partial charge in [0.25, 0.3) is 0 Å². The first-order chi connectivity index (χ1) is 9.51. The molecule has 20 heavy (non-hydrogen) atoms. The highest BCUT2D eigenvalue weighted by Gasteiger charge is 2.17. The van der Waals surface area contributed by atoms with Gasteiger partial charge < -0.3 is 10.5 Å². The zero-order valence-corrected chi connectivity index (χ0v) is 14.0. The Morgan fingerprint density at radius 1 is 1.00 bits per heavy atom. The van der Waals surface area contributed by atoms with Gasteiger partial charge in [-0.3, -0.25) is 0 Å². The van der Waals surface area contributed by atoms with Crippen LogP contribution in [0.5, 0.6) is 5.75 Å². The predicted octanol–water partition coefficient (Wildman–Crippen LogP) is 4.51. The van der Waals surface area contributed by atoms with Gasteiger partial charge in [-0.15, -0.1) is 0 Å². The van der Waals surface area contributed by atoms with E-state index in [-0.39, 0.29) is 0 Å². The molecule has 106 valence electrons. The Balaban J connectivity index is 2.71. The van der Waals surface area contributed by atoms with Crippen LogP contribution >= 0.6 is 15.9 Å². The SMILES string of the molecule is COc1c(C)c(C)c(Br)c(C)c1-c1ccc(CN)cc1. The normalized spacial score (nSPS) is 10.7. The highest BCUT2D eigenvalue weighted by molar-refractivity contribution is 9.10. The minimum absolute atomic E-state index is 0.563. The van der Waals surface area contributed by atoms with Crippen LogP contribution in [0.3, 0.4) is 0 Å². The van der Waals surface area contributed by atoms with Crippen LogP contribution in [0.2, 0.25) is 0 Å². The van der Waals surface area contributed by atoms with Gasteiger partial charge in [-0.25, -0.2) is 0 Å². The molecule has 0 aliphatic rings. The third kappa shape index (κ3) is 2.48. The van der Waals surface area contributed by atoms with Gasteiger partial charge >= 0.3 is 0 Å². The Bertz CT molecular complexity index is 633. The molecule has 0 heterocycles. The average Bonchev–Trinajstić information content (AvgIpc) is 2.48. The third-order valence-electron chi connectivity index (χ3n) is 3.85. The van der Waals surface area contributed by atoms with Crippen LogP contribution in [-0.2, 0) is 6.54 Å². The Labute approximate surface area is 129 Å². The molecule has 0 atom stereocenters. The predicted molar refractivity (Wildman–Crippen MR) is 88.2 cm³/mol. The van der Waals surface area contributed by atoms with Crippen molar-refractivity contribution in [2.45, 2.75) is 27.3 Å². The summed E-state index contributed by atoms with van der Waals surface area (Å²) in [4.78, 5) is 0. The Morgan fingerprint density at radius 2 is 1.60 bits per heavy atom. The van der Waals surface area contributed by atoms with Gasteiger partial charge in [0.05, 0.1) is 7.11 Å². The lowest BCUT2D eigenvalue weighted by Gasteiger charge is -2.19. The van der Waals surface area contributed by atoms with Gasteiger partial charge in [0.15, 0.2) is 0 Å². The van der Waals surface area contributed by atoms with E-state index in [0.29, 0.717) is 6.54 Å². The smallest absolute Gasteiger partial charge is 0.130 e. The van der Waals surface area contributed by atoms with Crippen molar-refractivity contribution in [3.63, 3.8) is 0 Å². The first kappa shape index (κ1) is 15.1. The van der Waals surface area contributed by atoms with Gasteiger partial charge in [-0.2, -0.15) is 0 Å². The number of ether oxygens (including phenoxy) is 1. The lowest BCUT2D eigenvalue weighted by atomic mass is 9.93. The van der Waals surface area contributed by atoms with Crippen molar-refractivity contribution in [3.8, 4) is 16.9 Å². The van der Waals surface area contributed by atoms with Crippen LogP contribution in [0, 0.1) is 20.8 Å². The molecule has 0 unspecified atom stereocenters. The maximum absolute atomic E-state index is 5.66. The maximum Gasteiger partial charge on any atom is 0.130 e. The second-order valence-corrected chi connectivity index (χ2v) is 5.79. The summed E-state index contributed by atoms with van der Waals surface area (Å²) in [5.41, 5.74) is 12.7. The Hall–Kier alpha value is -1.32. The van der Waals surface area contributed by atoms with E-state index >= 15 is 0 Å². The first-order valence-corrected chi connectivity index (χ1v) is 7.43. The molecule has 0 saturated heterocycles. The van der Waals surface area contributed by atoms with Crippen LogP contribution in [0.1, 0.15) is 22.3 Å². The van der Waals surface area contributed by atoms with Gasteiger partial charge in [-0.1, -0.05) is 40.2 Å². The lowest BCUT2D eigenvalue weighted by molar-refractivity contribution is 0.412. The number of methoxy groups -OCH3 is 1. The number of halogens is 1. The standard InChI is InChI=1S/C17H20BrNO/c1-10-11(2)17(20-4)15(12(3)16(10)18)14-7-5-13(9-19)6-8-14/h5-8H,9,19H2,1-4H3. The van der Waals surface area contributed by atoms with Gasteiger partial charge in [0.1, 0.15) is 5.75 Å². The minimum atomic E-state index is 0.563. The van der Waals surface area contributed by atoms with E-state index < -0.39 is 0 Å². The molecule has 0 bridgehead atoms. The summed E-state index contributed by atoms with van der Waals surface area (Å²) >= 11 is 3.69. The monoisotopic (exact) mass is 333 g/mol. The fraction of sp³-hybridized carbons (Fsp3) is 0.294. The minimum Gasteiger partial charge on any atom is -0.496 e. The molecule has 2 N–H and O–H groups in total. The van der Waals surface area contributed by atoms with Crippen LogP contribution in [0.4, 0.5) is 0 Å². The number of rotatable bonds is 3. The summed E-state index contributed by atoms with van der Waals surface area (Å²) in [6.07, 6.45) is 0. The molecule has 2 nitrogen and oxygen atoms in total. The van der Waals surface area contributed by atoms with E-state index in [1.165, 1.54) is 16.7 Å². The molecule has 0 aliphatic carbocycles. The number of nitrogens with two attached hydrogens (primary N) is 1. The van der Waals surface area contributed by atoms with Gasteiger partial charge in [0, 0.05) is 16.6 Å². The molecule has 3 heteroatoms. The fourth-order valence-electron chi connectivity index (χ4n) is 2.49. The maximum atomic E-state index is 5.66. The van der Waals surface area contributed by atoms with Crippen LogP contribution in [0.15, 0.2) is 28.7 Å². The van der Waals surface area contributed by atoms with Crippen molar-refractivity contribution in [1.82, 2.24) is 0 Å². The van der Waals surface area contributed by atoms with Crippen molar-refractivity contribution in [2.75, 3.05) is 7.11 Å². The second-order valence-electron chi connectivity index (χ2n) is 5.00. The molecule has 0 aliphatic heterocycles. The average molecular weight is 334 g/mol. The lowest BCUT2D eigenvalue weighted by Crippen LogP contribution is -1.99. The zero-order valence-electron chi connectivity index (χ0n) is 12.4. The summed E-state index contributed by atoms with van der Waals surface area (Å²) in [6.45, 7) is 6.88. The van der Waals surface area contributed by atoms with Crippen molar-refractivity contribution in [3.05, 3.63) is 51.0 Å². The molecule has 0 saturated carbocycles. The molecular formula is C17H20BrNO. The summed E-state index contributed by atoms with van der Waals surface area (Å²) in [5, 5.41) is 0.